The van der Waals surface area contributed by atoms with Crippen molar-refractivity contribution < 1.29 is 14.3 Å². The van der Waals surface area contributed by atoms with Crippen LogP contribution >= 0.6 is 0 Å². The summed E-state index contributed by atoms with van der Waals surface area (Å²) in [5, 5.41) is 6.75. The van der Waals surface area contributed by atoms with Crippen molar-refractivity contribution in [3.63, 3.8) is 0 Å². The molecule has 0 fully saturated rings. The summed E-state index contributed by atoms with van der Waals surface area (Å²) in [5.74, 6) is 0.366. The van der Waals surface area contributed by atoms with Crippen molar-refractivity contribution in [2.24, 2.45) is 0 Å². The minimum atomic E-state index is -0.366. The quantitative estimate of drug-likeness (QED) is 0.270. The average molecular weight is 427 g/mol. The Labute approximate surface area is 187 Å². The molecule has 1 heterocycles. The maximum atomic E-state index is 11.8. The number of esters is 1. The van der Waals surface area contributed by atoms with Gasteiger partial charge in [-0.25, -0.2) is 4.79 Å². The molecule has 0 unspecified atom stereocenters. The summed E-state index contributed by atoms with van der Waals surface area (Å²) in [5.41, 5.74) is 3.15. The predicted molar refractivity (Wildman–Crippen MR) is 127 cm³/mol. The van der Waals surface area contributed by atoms with E-state index in [9.17, 15) is 4.79 Å². The zero-order valence-electron chi connectivity index (χ0n) is 18.1. The van der Waals surface area contributed by atoms with Gasteiger partial charge in [0.15, 0.2) is 0 Å². The van der Waals surface area contributed by atoms with Crippen LogP contribution in [0, 0.1) is 0 Å². The second kappa shape index (κ2) is 10.4. The van der Waals surface area contributed by atoms with Crippen LogP contribution in [-0.4, -0.2) is 29.0 Å². The molecule has 0 saturated carbocycles. The number of rotatable bonds is 9. The number of benzene rings is 3. The van der Waals surface area contributed by atoms with Crippen molar-refractivity contribution in [1.82, 2.24) is 9.78 Å². The monoisotopic (exact) mass is 426 g/mol. The van der Waals surface area contributed by atoms with E-state index in [1.165, 1.54) is 22.4 Å². The van der Waals surface area contributed by atoms with Crippen molar-refractivity contribution in [3.05, 3.63) is 102 Å². The topological polar surface area (TPSA) is 53.4 Å². The Morgan fingerprint density at radius 1 is 1.06 bits per heavy atom. The van der Waals surface area contributed by atoms with Gasteiger partial charge in [0.25, 0.3) is 0 Å². The van der Waals surface area contributed by atoms with Gasteiger partial charge in [0.1, 0.15) is 5.75 Å². The summed E-state index contributed by atoms with van der Waals surface area (Å²) in [4.78, 5) is 11.8. The number of aromatic nitrogens is 2. The number of ether oxygens (including phenoxy) is 2. The molecular weight excluding hydrogens is 400 g/mol. The van der Waals surface area contributed by atoms with E-state index in [2.05, 4.69) is 47.6 Å². The molecule has 0 amide bonds. The summed E-state index contributed by atoms with van der Waals surface area (Å²) in [6.45, 7) is 3.31. The van der Waals surface area contributed by atoms with Crippen LogP contribution in [0.15, 0.2) is 85.2 Å². The Kier molecular flexibility index (Phi) is 6.98. The standard InChI is InChI=1S/C27H26N2O3/c1-2-31-27(30)14-13-24-12-11-21(20-29-17-6-16-28-29)19-26(24)32-18-15-23-9-5-8-22-7-3-4-10-25(22)23/h3-14,16-17,19H,2,15,18,20H2,1H3. The minimum Gasteiger partial charge on any atom is -0.493 e. The molecule has 32 heavy (non-hydrogen) atoms. The Morgan fingerprint density at radius 3 is 2.78 bits per heavy atom. The van der Waals surface area contributed by atoms with Crippen LogP contribution in [0.25, 0.3) is 16.8 Å². The number of nitrogens with zero attached hydrogens (tertiary/aromatic N) is 2. The number of carbonyl (C=O) groups excluding carboxylic acids is 1. The van der Waals surface area contributed by atoms with Crippen LogP contribution in [0.3, 0.4) is 0 Å². The summed E-state index contributed by atoms with van der Waals surface area (Å²) < 4.78 is 13.1. The van der Waals surface area contributed by atoms with Gasteiger partial charge in [0.2, 0.25) is 0 Å². The van der Waals surface area contributed by atoms with Gasteiger partial charge in [0.05, 0.1) is 19.8 Å². The lowest BCUT2D eigenvalue weighted by Gasteiger charge is -2.13. The third kappa shape index (κ3) is 5.43. The Morgan fingerprint density at radius 2 is 1.94 bits per heavy atom. The van der Waals surface area contributed by atoms with Gasteiger partial charge >= 0.3 is 5.97 Å². The highest BCUT2D eigenvalue weighted by molar-refractivity contribution is 5.87. The molecule has 5 nitrogen and oxygen atoms in total. The maximum Gasteiger partial charge on any atom is 0.330 e. The molecule has 0 spiro atoms. The van der Waals surface area contributed by atoms with Crippen LogP contribution in [-0.2, 0) is 22.5 Å². The molecule has 0 aliphatic rings. The fraction of sp³-hybridized carbons (Fsp3) is 0.185. The predicted octanol–water partition coefficient (Wildman–Crippen LogP) is 5.28. The van der Waals surface area contributed by atoms with E-state index < -0.39 is 0 Å². The summed E-state index contributed by atoms with van der Waals surface area (Å²) in [6, 6.07) is 22.6. The van der Waals surface area contributed by atoms with E-state index >= 15 is 0 Å². The van der Waals surface area contributed by atoms with Crippen molar-refractivity contribution in [2.75, 3.05) is 13.2 Å². The molecule has 4 rings (SSSR count). The molecular formula is C27H26N2O3. The van der Waals surface area contributed by atoms with Gasteiger partial charge in [-0.15, -0.1) is 0 Å². The SMILES string of the molecule is CCOC(=O)C=Cc1ccc(Cn2cccn2)cc1OCCc1cccc2ccccc12. The number of fused-ring (bicyclic) bond motifs is 1. The third-order valence-corrected chi connectivity index (χ3v) is 5.18. The van der Waals surface area contributed by atoms with Crippen LogP contribution in [0.1, 0.15) is 23.6 Å². The third-order valence-electron chi connectivity index (χ3n) is 5.18. The Bertz CT molecular complexity index is 1210. The van der Waals surface area contributed by atoms with Gasteiger partial charge in [0, 0.05) is 30.5 Å². The highest BCUT2D eigenvalue weighted by Crippen LogP contribution is 2.24. The van der Waals surface area contributed by atoms with Crippen LogP contribution < -0.4 is 4.74 Å². The molecule has 4 aromatic rings. The number of carbonyl (C=O) groups is 1. The van der Waals surface area contributed by atoms with Crippen molar-refractivity contribution in [3.8, 4) is 5.75 Å². The molecule has 0 aliphatic heterocycles. The second-order valence-corrected chi connectivity index (χ2v) is 7.40. The average Bonchev–Trinajstić information content (AvgIpc) is 3.32. The second-order valence-electron chi connectivity index (χ2n) is 7.40. The van der Waals surface area contributed by atoms with Crippen molar-refractivity contribution >= 4 is 22.8 Å². The minimum absolute atomic E-state index is 0.348. The van der Waals surface area contributed by atoms with E-state index in [4.69, 9.17) is 9.47 Å². The molecule has 0 atom stereocenters. The van der Waals surface area contributed by atoms with Crippen molar-refractivity contribution in [2.45, 2.75) is 19.9 Å². The highest BCUT2D eigenvalue weighted by Gasteiger charge is 2.07. The van der Waals surface area contributed by atoms with Crippen molar-refractivity contribution in [1.29, 1.82) is 0 Å². The van der Waals surface area contributed by atoms with Gasteiger partial charge in [-0.3, -0.25) is 4.68 Å². The maximum absolute atomic E-state index is 11.8. The first kappa shape index (κ1) is 21.4. The summed E-state index contributed by atoms with van der Waals surface area (Å²) in [7, 11) is 0. The number of hydrogen-bond acceptors (Lipinski definition) is 4. The molecule has 0 saturated heterocycles. The molecule has 5 heteroatoms. The first-order valence-electron chi connectivity index (χ1n) is 10.8. The lowest BCUT2D eigenvalue weighted by atomic mass is 10.0. The fourth-order valence-corrected chi connectivity index (χ4v) is 3.65. The summed E-state index contributed by atoms with van der Waals surface area (Å²) in [6.07, 6.45) is 7.64. The van der Waals surface area contributed by atoms with Gasteiger partial charge in [-0.2, -0.15) is 5.10 Å². The zero-order chi connectivity index (χ0) is 22.2. The first-order valence-corrected chi connectivity index (χ1v) is 10.8. The molecule has 0 bridgehead atoms. The van der Waals surface area contributed by atoms with Gasteiger partial charge in [-0.1, -0.05) is 54.6 Å². The van der Waals surface area contributed by atoms with Gasteiger partial charge < -0.3 is 9.47 Å². The smallest absolute Gasteiger partial charge is 0.330 e. The zero-order valence-corrected chi connectivity index (χ0v) is 18.1. The van der Waals surface area contributed by atoms with E-state index in [-0.39, 0.29) is 5.97 Å². The molecule has 0 radical (unpaired) electrons. The Hall–Kier alpha value is -3.86. The van der Waals surface area contributed by atoms with Crippen LogP contribution in [0.2, 0.25) is 0 Å². The molecule has 0 N–H and O–H groups in total. The van der Waals surface area contributed by atoms with Crippen LogP contribution in [0.4, 0.5) is 0 Å². The lowest BCUT2D eigenvalue weighted by Crippen LogP contribution is -2.05. The molecule has 3 aromatic carbocycles. The Balaban J connectivity index is 1.52. The van der Waals surface area contributed by atoms with E-state index in [1.54, 1.807) is 19.2 Å². The summed E-state index contributed by atoms with van der Waals surface area (Å²) >= 11 is 0. The van der Waals surface area contributed by atoms with Crippen LogP contribution in [0.5, 0.6) is 5.75 Å². The largest absolute Gasteiger partial charge is 0.493 e. The normalized spacial score (nSPS) is 11.2. The number of hydrogen-bond donors (Lipinski definition) is 0. The highest BCUT2D eigenvalue weighted by atomic mass is 16.5. The lowest BCUT2D eigenvalue weighted by molar-refractivity contribution is -0.137. The molecule has 162 valence electrons. The van der Waals surface area contributed by atoms with Gasteiger partial charge in [-0.05, 0) is 47.0 Å². The first-order chi connectivity index (χ1) is 15.7. The fourth-order valence-electron chi connectivity index (χ4n) is 3.65. The molecule has 1 aromatic heterocycles. The van der Waals surface area contributed by atoms with E-state index in [1.807, 2.05) is 35.1 Å². The van der Waals surface area contributed by atoms with E-state index in [0.29, 0.717) is 19.8 Å². The van der Waals surface area contributed by atoms with E-state index in [0.717, 1.165) is 23.3 Å². The molecule has 0 aliphatic carbocycles.